The number of halogens is 1. The van der Waals surface area contributed by atoms with Crippen LogP contribution in [0.3, 0.4) is 0 Å². The molecule has 0 bridgehead atoms. The van der Waals surface area contributed by atoms with E-state index in [1.54, 1.807) is 5.56 Å². The molecule has 2 aliphatic rings. The normalized spacial score (nSPS) is 25.4. The third-order valence-corrected chi connectivity index (χ3v) is 5.52. The summed E-state index contributed by atoms with van der Waals surface area (Å²) < 4.78 is 1.35. The standard InChI is InChI=1S/C17H24BrN/c18-17-11-14(15-7-4-10-19-12-15)8-9-16(17)13-5-2-1-3-6-13/h8-9,11,13,15,19H,1-7,10,12H2. The van der Waals surface area contributed by atoms with Crippen LogP contribution in [0.25, 0.3) is 0 Å². The molecule has 1 aromatic rings. The van der Waals surface area contributed by atoms with Crippen molar-refractivity contribution in [3.05, 3.63) is 33.8 Å². The maximum Gasteiger partial charge on any atom is 0.0212 e. The van der Waals surface area contributed by atoms with Gasteiger partial charge in [-0.1, -0.05) is 47.3 Å². The van der Waals surface area contributed by atoms with Crippen LogP contribution < -0.4 is 5.32 Å². The van der Waals surface area contributed by atoms with Crippen LogP contribution in [0.2, 0.25) is 0 Å². The van der Waals surface area contributed by atoms with Crippen LogP contribution >= 0.6 is 15.9 Å². The fourth-order valence-corrected chi connectivity index (χ4v) is 4.40. The summed E-state index contributed by atoms with van der Waals surface area (Å²) in [6.45, 7) is 2.34. The zero-order chi connectivity index (χ0) is 13.1. The minimum Gasteiger partial charge on any atom is -0.316 e. The summed E-state index contributed by atoms with van der Waals surface area (Å²) in [5, 5.41) is 3.52. The number of nitrogens with one attached hydrogen (secondary N) is 1. The van der Waals surface area contributed by atoms with Crippen LogP contribution in [0.1, 0.15) is 67.9 Å². The average Bonchev–Trinajstić information content (AvgIpc) is 2.49. The summed E-state index contributed by atoms with van der Waals surface area (Å²) in [5.74, 6) is 1.51. The van der Waals surface area contributed by atoms with Gasteiger partial charge in [0, 0.05) is 11.0 Å². The molecule has 0 spiro atoms. The molecule has 1 N–H and O–H groups in total. The fourth-order valence-electron chi connectivity index (χ4n) is 3.68. The van der Waals surface area contributed by atoms with Gasteiger partial charge in [0.2, 0.25) is 0 Å². The Hall–Kier alpha value is -0.340. The van der Waals surface area contributed by atoms with Crippen LogP contribution in [-0.2, 0) is 0 Å². The highest BCUT2D eigenvalue weighted by atomic mass is 79.9. The molecule has 19 heavy (non-hydrogen) atoms. The van der Waals surface area contributed by atoms with E-state index >= 15 is 0 Å². The van der Waals surface area contributed by atoms with Crippen LogP contribution in [0.15, 0.2) is 22.7 Å². The summed E-state index contributed by atoms with van der Waals surface area (Å²) in [6.07, 6.45) is 9.65. The van der Waals surface area contributed by atoms with Crippen molar-refractivity contribution >= 4 is 15.9 Å². The molecule has 1 unspecified atom stereocenters. The largest absolute Gasteiger partial charge is 0.316 e. The van der Waals surface area contributed by atoms with Crippen molar-refractivity contribution in [2.24, 2.45) is 0 Å². The summed E-state index contributed by atoms with van der Waals surface area (Å²) in [7, 11) is 0. The fraction of sp³-hybridized carbons (Fsp3) is 0.647. The molecule has 1 saturated heterocycles. The van der Waals surface area contributed by atoms with E-state index in [4.69, 9.17) is 0 Å². The van der Waals surface area contributed by atoms with E-state index in [0.29, 0.717) is 5.92 Å². The van der Waals surface area contributed by atoms with E-state index in [2.05, 4.69) is 39.4 Å². The molecule has 1 aliphatic heterocycles. The Bertz CT molecular complexity index is 417. The van der Waals surface area contributed by atoms with E-state index in [-0.39, 0.29) is 0 Å². The van der Waals surface area contributed by atoms with Gasteiger partial charge in [-0.3, -0.25) is 0 Å². The molecule has 1 atom stereocenters. The zero-order valence-corrected chi connectivity index (χ0v) is 13.2. The van der Waals surface area contributed by atoms with E-state index < -0.39 is 0 Å². The van der Waals surface area contributed by atoms with Gasteiger partial charge in [-0.25, -0.2) is 0 Å². The van der Waals surface area contributed by atoms with Gasteiger partial charge >= 0.3 is 0 Å². The molecule has 1 aromatic carbocycles. The van der Waals surface area contributed by atoms with Gasteiger partial charge in [-0.15, -0.1) is 0 Å². The second-order valence-electron chi connectivity index (χ2n) is 6.16. The van der Waals surface area contributed by atoms with Gasteiger partial charge < -0.3 is 5.32 Å². The Balaban J connectivity index is 1.76. The first-order valence-electron chi connectivity index (χ1n) is 7.84. The Morgan fingerprint density at radius 3 is 2.42 bits per heavy atom. The molecule has 0 radical (unpaired) electrons. The Kier molecular flexibility index (Phi) is 4.60. The minimum atomic E-state index is 0.713. The van der Waals surface area contributed by atoms with E-state index in [9.17, 15) is 0 Å². The molecular weight excluding hydrogens is 298 g/mol. The summed E-state index contributed by atoms with van der Waals surface area (Å²) >= 11 is 3.83. The number of benzene rings is 1. The predicted octanol–water partition coefficient (Wildman–Crippen LogP) is 4.96. The van der Waals surface area contributed by atoms with Crippen molar-refractivity contribution in [1.82, 2.24) is 5.32 Å². The second kappa shape index (κ2) is 6.41. The number of hydrogen-bond acceptors (Lipinski definition) is 1. The summed E-state index contributed by atoms with van der Waals surface area (Å²) in [4.78, 5) is 0. The minimum absolute atomic E-state index is 0.713. The molecule has 1 aliphatic carbocycles. The third-order valence-electron chi connectivity index (χ3n) is 4.84. The Morgan fingerprint density at radius 1 is 0.947 bits per heavy atom. The number of piperidine rings is 1. The highest BCUT2D eigenvalue weighted by Crippen LogP contribution is 2.38. The van der Waals surface area contributed by atoms with Gasteiger partial charge in [-0.2, -0.15) is 0 Å². The number of rotatable bonds is 2. The van der Waals surface area contributed by atoms with Crippen molar-refractivity contribution in [3.63, 3.8) is 0 Å². The smallest absolute Gasteiger partial charge is 0.0212 e. The van der Waals surface area contributed by atoms with Crippen LogP contribution in [-0.4, -0.2) is 13.1 Å². The predicted molar refractivity (Wildman–Crippen MR) is 84.8 cm³/mol. The molecule has 3 rings (SSSR count). The molecule has 0 aromatic heterocycles. The van der Waals surface area contributed by atoms with Crippen LogP contribution in [0.5, 0.6) is 0 Å². The average molecular weight is 322 g/mol. The lowest BCUT2D eigenvalue weighted by atomic mass is 9.83. The maximum atomic E-state index is 3.83. The molecule has 2 heteroatoms. The van der Waals surface area contributed by atoms with Crippen molar-refractivity contribution < 1.29 is 0 Å². The van der Waals surface area contributed by atoms with Gasteiger partial charge in [0.1, 0.15) is 0 Å². The van der Waals surface area contributed by atoms with Crippen molar-refractivity contribution in [2.45, 2.75) is 56.8 Å². The van der Waals surface area contributed by atoms with E-state index in [1.165, 1.54) is 61.5 Å². The van der Waals surface area contributed by atoms with Crippen molar-refractivity contribution in [3.8, 4) is 0 Å². The lowest BCUT2D eigenvalue weighted by Gasteiger charge is -2.26. The summed E-state index contributed by atoms with van der Waals surface area (Å²) in [5.41, 5.74) is 3.06. The Morgan fingerprint density at radius 2 is 1.74 bits per heavy atom. The molecule has 1 nitrogen and oxygen atoms in total. The van der Waals surface area contributed by atoms with Crippen LogP contribution in [0.4, 0.5) is 0 Å². The van der Waals surface area contributed by atoms with Crippen LogP contribution in [0, 0.1) is 0 Å². The topological polar surface area (TPSA) is 12.0 Å². The SMILES string of the molecule is Brc1cc(C2CCCNC2)ccc1C1CCCCC1. The van der Waals surface area contributed by atoms with Crippen molar-refractivity contribution in [1.29, 1.82) is 0 Å². The van der Waals surface area contributed by atoms with E-state index in [0.717, 1.165) is 12.5 Å². The molecule has 0 amide bonds. The first-order valence-corrected chi connectivity index (χ1v) is 8.64. The lowest BCUT2D eigenvalue weighted by molar-refractivity contribution is 0.441. The van der Waals surface area contributed by atoms with Gasteiger partial charge in [0.25, 0.3) is 0 Å². The molecule has 2 fully saturated rings. The highest BCUT2D eigenvalue weighted by Gasteiger charge is 2.20. The molecule has 1 heterocycles. The molecular formula is C17H24BrN. The number of hydrogen-bond donors (Lipinski definition) is 1. The summed E-state index contributed by atoms with van der Waals surface area (Å²) in [6, 6.07) is 7.16. The van der Waals surface area contributed by atoms with Gasteiger partial charge in [0.15, 0.2) is 0 Å². The van der Waals surface area contributed by atoms with Gasteiger partial charge in [0.05, 0.1) is 0 Å². The third kappa shape index (κ3) is 3.22. The Labute approximate surface area is 125 Å². The van der Waals surface area contributed by atoms with Crippen molar-refractivity contribution in [2.75, 3.05) is 13.1 Å². The quantitative estimate of drug-likeness (QED) is 0.811. The zero-order valence-electron chi connectivity index (χ0n) is 11.6. The molecule has 104 valence electrons. The second-order valence-corrected chi connectivity index (χ2v) is 7.01. The monoisotopic (exact) mass is 321 g/mol. The highest BCUT2D eigenvalue weighted by molar-refractivity contribution is 9.10. The maximum absolute atomic E-state index is 3.83. The lowest BCUT2D eigenvalue weighted by Crippen LogP contribution is -2.28. The first kappa shape index (κ1) is 13.6. The molecule has 1 saturated carbocycles. The van der Waals surface area contributed by atoms with Gasteiger partial charge in [-0.05, 0) is 61.3 Å². The first-order chi connectivity index (χ1) is 9.34. The van der Waals surface area contributed by atoms with E-state index in [1.807, 2.05) is 0 Å².